The topological polar surface area (TPSA) is 69.1 Å². The number of carbonyl (C=O) groups excluding carboxylic acids is 1. The summed E-state index contributed by atoms with van der Waals surface area (Å²) < 4.78 is 0. The van der Waals surface area contributed by atoms with E-state index in [0.29, 0.717) is 6.42 Å². The van der Waals surface area contributed by atoms with Gasteiger partial charge in [0.25, 0.3) is 0 Å². The van der Waals surface area contributed by atoms with E-state index in [4.69, 9.17) is 11.5 Å². The average molecular weight is 266 g/mol. The number of amides is 1. The standard InChI is InChI=1S/C14H22N2OS/c1-10-5-6-11(2)12(9-10)18-8-4-7-14(3,16)13(15)17/h5-6,9H,4,7-8,16H2,1-3H3,(H2,15,17). The van der Waals surface area contributed by atoms with Crippen molar-refractivity contribution in [1.29, 1.82) is 0 Å². The molecule has 3 nitrogen and oxygen atoms in total. The fraction of sp³-hybridized carbons (Fsp3) is 0.500. The molecule has 1 aromatic carbocycles. The summed E-state index contributed by atoms with van der Waals surface area (Å²) in [5.41, 5.74) is 12.7. The van der Waals surface area contributed by atoms with Gasteiger partial charge in [0.15, 0.2) is 0 Å². The third-order valence-corrected chi connectivity index (χ3v) is 4.25. The smallest absolute Gasteiger partial charge is 0.237 e. The molecule has 0 radical (unpaired) electrons. The molecular formula is C14H22N2OS. The molecule has 0 aliphatic rings. The molecule has 0 aliphatic carbocycles. The summed E-state index contributed by atoms with van der Waals surface area (Å²) in [6.45, 7) is 5.89. The van der Waals surface area contributed by atoms with E-state index >= 15 is 0 Å². The van der Waals surface area contributed by atoms with Gasteiger partial charge in [0.1, 0.15) is 0 Å². The number of benzene rings is 1. The Balaban J connectivity index is 2.43. The maximum Gasteiger partial charge on any atom is 0.237 e. The van der Waals surface area contributed by atoms with Gasteiger partial charge in [-0.2, -0.15) is 0 Å². The largest absolute Gasteiger partial charge is 0.368 e. The molecule has 0 heterocycles. The first kappa shape index (κ1) is 15.1. The lowest BCUT2D eigenvalue weighted by atomic mass is 9.97. The highest BCUT2D eigenvalue weighted by Crippen LogP contribution is 2.25. The van der Waals surface area contributed by atoms with Crippen molar-refractivity contribution in [2.75, 3.05) is 5.75 Å². The first-order valence-corrected chi connectivity index (χ1v) is 7.10. The van der Waals surface area contributed by atoms with Crippen molar-refractivity contribution in [2.45, 2.75) is 44.0 Å². The lowest BCUT2D eigenvalue weighted by Gasteiger charge is -2.19. The van der Waals surface area contributed by atoms with E-state index in [1.54, 1.807) is 18.7 Å². The zero-order valence-electron chi connectivity index (χ0n) is 11.3. The monoisotopic (exact) mass is 266 g/mol. The van der Waals surface area contributed by atoms with Crippen LogP contribution in [0.5, 0.6) is 0 Å². The molecule has 0 bridgehead atoms. The summed E-state index contributed by atoms with van der Waals surface area (Å²) in [5, 5.41) is 0. The van der Waals surface area contributed by atoms with Gasteiger partial charge in [-0.1, -0.05) is 17.7 Å². The van der Waals surface area contributed by atoms with Crippen LogP contribution in [0.25, 0.3) is 0 Å². The van der Waals surface area contributed by atoms with Crippen molar-refractivity contribution < 1.29 is 4.79 Å². The van der Waals surface area contributed by atoms with Crippen molar-refractivity contribution >= 4 is 17.7 Å². The van der Waals surface area contributed by atoms with Crippen LogP contribution in [0, 0.1) is 13.8 Å². The second-order valence-electron chi connectivity index (χ2n) is 5.00. The first-order chi connectivity index (χ1) is 8.33. The van der Waals surface area contributed by atoms with Crippen molar-refractivity contribution in [1.82, 2.24) is 0 Å². The number of hydrogen-bond acceptors (Lipinski definition) is 3. The van der Waals surface area contributed by atoms with Gasteiger partial charge in [0.2, 0.25) is 5.91 Å². The highest BCUT2D eigenvalue weighted by atomic mass is 32.2. The molecule has 0 aromatic heterocycles. The zero-order chi connectivity index (χ0) is 13.8. The molecule has 0 aliphatic heterocycles. The summed E-state index contributed by atoms with van der Waals surface area (Å²) in [7, 11) is 0. The summed E-state index contributed by atoms with van der Waals surface area (Å²) >= 11 is 1.81. The summed E-state index contributed by atoms with van der Waals surface area (Å²) in [6, 6.07) is 6.44. The number of primary amides is 1. The van der Waals surface area contributed by atoms with E-state index in [-0.39, 0.29) is 0 Å². The van der Waals surface area contributed by atoms with Crippen LogP contribution in [-0.4, -0.2) is 17.2 Å². The van der Waals surface area contributed by atoms with Crippen LogP contribution in [0.3, 0.4) is 0 Å². The fourth-order valence-corrected chi connectivity index (χ4v) is 2.68. The Morgan fingerprint density at radius 2 is 2.06 bits per heavy atom. The molecular weight excluding hydrogens is 244 g/mol. The minimum absolute atomic E-state index is 0.431. The molecule has 1 unspecified atom stereocenters. The van der Waals surface area contributed by atoms with Crippen LogP contribution < -0.4 is 11.5 Å². The Kier molecular flexibility index (Phi) is 5.23. The molecule has 4 heteroatoms. The van der Waals surface area contributed by atoms with Gasteiger partial charge < -0.3 is 11.5 Å². The SMILES string of the molecule is Cc1ccc(C)c(SCCCC(C)(N)C(N)=O)c1. The van der Waals surface area contributed by atoms with E-state index in [9.17, 15) is 4.79 Å². The molecule has 1 rings (SSSR count). The lowest BCUT2D eigenvalue weighted by molar-refractivity contribution is -0.122. The van der Waals surface area contributed by atoms with Crippen LogP contribution in [0.15, 0.2) is 23.1 Å². The zero-order valence-corrected chi connectivity index (χ0v) is 12.1. The summed E-state index contributed by atoms with van der Waals surface area (Å²) in [5.74, 6) is 0.518. The van der Waals surface area contributed by atoms with Gasteiger partial charge in [-0.25, -0.2) is 0 Å². The van der Waals surface area contributed by atoms with Crippen LogP contribution in [0.1, 0.15) is 30.9 Å². The quantitative estimate of drug-likeness (QED) is 0.613. The van der Waals surface area contributed by atoms with Gasteiger partial charge in [0, 0.05) is 4.90 Å². The van der Waals surface area contributed by atoms with Crippen molar-refractivity contribution in [2.24, 2.45) is 11.5 Å². The second-order valence-corrected chi connectivity index (χ2v) is 6.14. The Morgan fingerprint density at radius 1 is 1.39 bits per heavy atom. The van der Waals surface area contributed by atoms with Crippen molar-refractivity contribution in [3.05, 3.63) is 29.3 Å². The predicted octanol–water partition coefficient (Wildman–Crippen LogP) is 2.38. The van der Waals surface area contributed by atoms with Gasteiger partial charge in [-0.15, -0.1) is 11.8 Å². The van der Waals surface area contributed by atoms with E-state index < -0.39 is 11.4 Å². The van der Waals surface area contributed by atoms with Crippen molar-refractivity contribution in [3.8, 4) is 0 Å². The van der Waals surface area contributed by atoms with Gasteiger partial charge in [-0.3, -0.25) is 4.79 Å². The number of aryl methyl sites for hydroxylation is 2. The van der Waals surface area contributed by atoms with Gasteiger partial charge >= 0.3 is 0 Å². The van der Waals surface area contributed by atoms with Crippen LogP contribution in [0.4, 0.5) is 0 Å². The second kappa shape index (κ2) is 6.25. The average Bonchev–Trinajstić information content (AvgIpc) is 2.28. The first-order valence-electron chi connectivity index (χ1n) is 6.12. The van der Waals surface area contributed by atoms with Crippen LogP contribution in [0.2, 0.25) is 0 Å². The minimum atomic E-state index is -0.887. The molecule has 1 amide bonds. The number of rotatable bonds is 6. The highest BCUT2D eigenvalue weighted by Gasteiger charge is 2.24. The maximum atomic E-state index is 11.1. The molecule has 0 saturated carbocycles. The van der Waals surface area contributed by atoms with E-state index in [2.05, 4.69) is 32.0 Å². The number of carbonyl (C=O) groups is 1. The van der Waals surface area contributed by atoms with Crippen LogP contribution in [-0.2, 0) is 4.79 Å². The molecule has 1 aromatic rings. The molecule has 4 N–H and O–H groups in total. The Hall–Kier alpha value is -1.00. The molecule has 18 heavy (non-hydrogen) atoms. The Labute approximate surface area is 113 Å². The molecule has 100 valence electrons. The minimum Gasteiger partial charge on any atom is -0.368 e. The molecule has 0 saturated heterocycles. The highest BCUT2D eigenvalue weighted by molar-refractivity contribution is 7.99. The van der Waals surface area contributed by atoms with E-state index in [1.165, 1.54) is 16.0 Å². The summed E-state index contributed by atoms with van der Waals surface area (Å²) in [6.07, 6.45) is 1.51. The van der Waals surface area contributed by atoms with E-state index in [1.807, 2.05) is 0 Å². The van der Waals surface area contributed by atoms with Crippen LogP contribution >= 0.6 is 11.8 Å². The third-order valence-electron chi connectivity index (χ3n) is 3.00. The molecule has 0 spiro atoms. The number of thioether (sulfide) groups is 1. The fourth-order valence-electron chi connectivity index (χ4n) is 1.61. The van der Waals surface area contributed by atoms with E-state index in [0.717, 1.165) is 12.2 Å². The summed E-state index contributed by atoms with van der Waals surface area (Å²) in [4.78, 5) is 12.4. The number of hydrogen-bond donors (Lipinski definition) is 2. The van der Waals surface area contributed by atoms with Gasteiger partial charge in [0.05, 0.1) is 5.54 Å². The number of nitrogens with two attached hydrogens (primary N) is 2. The maximum absolute atomic E-state index is 11.1. The van der Waals surface area contributed by atoms with Crippen molar-refractivity contribution in [3.63, 3.8) is 0 Å². The predicted molar refractivity (Wildman–Crippen MR) is 77.7 cm³/mol. The Morgan fingerprint density at radius 3 is 2.67 bits per heavy atom. The third kappa shape index (κ3) is 4.35. The molecule has 1 atom stereocenters. The normalized spacial score (nSPS) is 14.2. The van der Waals surface area contributed by atoms with Gasteiger partial charge in [-0.05, 0) is 51.0 Å². The molecule has 0 fully saturated rings. The Bertz CT molecular complexity index is 430. The lowest BCUT2D eigenvalue weighted by Crippen LogP contribution is -2.49.